The summed E-state index contributed by atoms with van der Waals surface area (Å²) in [5.41, 5.74) is 1.49. The Balaban J connectivity index is 2.26. The molecule has 0 aliphatic carbocycles. The molecule has 0 fully saturated rings. The highest BCUT2D eigenvalue weighted by molar-refractivity contribution is 5.88. The minimum absolute atomic E-state index is 0.302. The highest BCUT2D eigenvalue weighted by atomic mass is 16.5. The van der Waals surface area contributed by atoms with E-state index in [0.29, 0.717) is 29.6 Å². The first-order chi connectivity index (χ1) is 8.74. The minimum Gasteiger partial charge on any atom is -0.481 e. The zero-order chi connectivity index (χ0) is 13.0. The third-order valence-electron chi connectivity index (χ3n) is 2.27. The number of hydrogen-bond acceptors (Lipinski definition) is 5. The highest BCUT2D eigenvalue weighted by Gasteiger charge is 2.12. The highest BCUT2D eigenvalue weighted by Crippen LogP contribution is 2.18. The van der Waals surface area contributed by atoms with Crippen LogP contribution in [-0.2, 0) is 4.74 Å². The van der Waals surface area contributed by atoms with Crippen molar-refractivity contribution in [2.75, 3.05) is 13.7 Å². The summed E-state index contributed by atoms with van der Waals surface area (Å²) in [7, 11) is 1.54. The van der Waals surface area contributed by atoms with Crippen LogP contribution >= 0.6 is 0 Å². The SMILES string of the molecule is CCOC(=O)c1cc(-c2cccc(OC)n2)n[nH]1. The average Bonchev–Trinajstić information content (AvgIpc) is 2.89. The van der Waals surface area contributed by atoms with Crippen molar-refractivity contribution in [2.45, 2.75) is 6.92 Å². The first kappa shape index (κ1) is 12.1. The molecule has 0 aromatic carbocycles. The molecule has 0 atom stereocenters. The van der Waals surface area contributed by atoms with E-state index in [1.807, 2.05) is 0 Å². The largest absolute Gasteiger partial charge is 0.481 e. The van der Waals surface area contributed by atoms with E-state index in [2.05, 4.69) is 15.2 Å². The van der Waals surface area contributed by atoms with Gasteiger partial charge in [-0.3, -0.25) is 5.10 Å². The number of esters is 1. The van der Waals surface area contributed by atoms with Crippen LogP contribution in [0.15, 0.2) is 24.3 Å². The van der Waals surface area contributed by atoms with Gasteiger partial charge in [0.1, 0.15) is 11.4 Å². The van der Waals surface area contributed by atoms with E-state index in [1.165, 1.54) is 0 Å². The second-order valence-corrected chi connectivity index (χ2v) is 3.45. The molecule has 0 saturated heterocycles. The average molecular weight is 247 g/mol. The quantitative estimate of drug-likeness (QED) is 0.831. The number of methoxy groups -OCH3 is 1. The number of H-pyrrole nitrogens is 1. The van der Waals surface area contributed by atoms with Crippen molar-refractivity contribution in [3.63, 3.8) is 0 Å². The molecule has 2 aromatic rings. The van der Waals surface area contributed by atoms with Gasteiger partial charge in [0.05, 0.1) is 19.4 Å². The molecule has 0 saturated carbocycles. The summed E-state index contributed by atoms with van der Waals surface area (Å²) in [6.07, 6.45) is 0. The summed E-state index contributed by atoms with van der Waals surface area (Å²) in [6, 6.07) is 6.93. The molecule has 0 aliphatic rings. The molecule has 0 spiro atoms. The van der Waals surface area contributed by atoms with Crippen LogP contribution < -0.4 is 4.74 Å². The second kappa shape index (κ2) is 5.31. The third-order valence-corrected chi connectivity index (χ3v) is 2.27. The molecule has 18 heavy (non-hydrogen) atoms. The van der Waals surface area contributed by atoms with Gasteiger partial charge < -0.3 is 9.47 Å². The normalized spacial score (nSPS) is 10.1. The zero-order valence-electron chi connectivity index (χ0n) is 10.1. The lowest BCUT2D eigenvalue weighted by molar-refractivity contribution is 0.0519. The van der Waals surface area contributed by atoms with Gasteiger partial charge in [0, 0.05) is 12.1 Å². The third kappa shape index (κ3) is 2.48. The summed E-state index contributed by atoms with van der Waals surface area (Å²) >= 11 is 0. The number of nitrogens with one attached hydrogen (secondary N) is 1. The maximum Gasteiger partial charge on any atom is 0.356 e. The van der Waals surface area contributed by atoms with Gasteiger partial charge in [-0.2, -0.15) is 5.10 Å². The fourth-order valence-electron chi connectivity index (χ4n) is 1.44. The molecule has 2 heterocycles. The Bertz CT molecular complexity index is 551. The number of pyridine rings is 1. The van der Waals surface area contributed by atoms with Gasteiger partial charge in [0.25, 0.3) is 0 Å². The maximum atomic E-state index is 11.5. The zero-order valence-corrected chi connectivity index (χ0v) is 10.1. The summed E-state index contributed by atoms with van der Waals surface area (Å²) in [5, 5.41) is 6.64. The molecule has 6 nitrogen and oxygen atoms in total. The molecule has 2 aromatic heterocycles. The molecule has 0 aliphatic heterocycles. The minimum atomic E-state index is -0.431. The van der Waals surface area contributed by atoms with Crippen molar-refractivity contribution >= 4 is 5.97 Å². The van der Waals surface area contributed by atoms with Gasteiger partial charge in [-0.15, -0.1) is 0 Å². The summed E-state index contributed by atoms with van der Waals surface area (Å²) in [6.45, 7) is 2.07. The summed E-state index contributed by atoms with van der Waals surface area (Å²) < 4.78 is 9.90. The van der Waals surface area contributed by atoms with Crippen LogP contribution in [-0.4, -0.2) is 34.9 Å². The molecule has 0 unspecified atom stereocenters. The van der Waals surface area contributed by atoms with Crippen LogP contribution in [0.2, 0.25) is 0 Å². The van der Waals surface area contributed by atoms with E-state index in [-0.39, 0.29) is 0 Å². The van der Waals surface area contributed by atoms with E-state index in [1.54, 1.807) is 38.3 Å². The van der Waals surface area contributed by atoms with Gasteiger partial charge in [-0.1, -0.05) is 6.07 Å². The van der Waals surface area contributed by atoms with Gasteiger partial charge in [-0.05, 0) is 13.0 Å². The van der Waals surface area contributed by atoms with E-state index >= 15 is 0 Å². The lowest BCUT2D eigenvalue weighted by atomic mass is 10.2. The number of nitrogens with zero attached hydrogens (tertiary/aromatic N) is 2. The number of carbonyl (C=O) groups is 1. The van der Waals surface area contributed by atoms with Crippen LogP contribution in [0.3, 0.4) is 0 Å². The molecule has 1 N–H and O–H groups in total. The van der Waals surface area contributed by atoms with Crippen LogP contribution in [0.25, 0.3) is 11.4 Å². The van der Waals surface area contributed by atoms with Crippen molar-refractivity contribution in [3.8, 4) is 17.3 Å². The Labute approximate surface area is 104 Å². The fraction of sp³-hybridized carbons (Fsp3) is 0.250. The smallest absolute Gasteiger partial charge is 0.356 e. The first-order valence-electron chi connectivity index (χ1n) is 5.48. The molecule has 0 radical (unpaired) electrons. The predicted octanol–water partition coefficient (Wildman–Crippen LogP) is 1.66. The molecule has 0 amide bonds. The second-order valence-electron chi connectivity index (χ2n) is 3.45. The van der Waals surface area contributed by atoms with E-state index in [9.17, 15) is 4.79 Å². The maximum absolute atomic E-state index is 11.5. The summed E-state index contributed by atoms with van der Waals surface area (Å²) in [5.74, 6) is 0.0623. The lowest BCUT2D eigenvalue weighted by Crippen LogP contribution is -2.04. The van der Waals surface area contributed by atoms with Crippen LogP contribution in [0, 0.1) is 0 Å². The standard InChI is InChI=1S/C12H13N3O3/c1-3-18-12(16)10-7-9(14-15-10)8-5-4-6-11(13-8)17-2/h4-7H,3H2,1-2H3,(H,14,15). The van der Waals surface area contributed by atoms with Crippen molar-refractivity contribution in [1.29, 1.82) is 0 Å². The Morgan fingerprint density at radius 1 is 1.39 bits per heavy atom. The van der Waals surface area contributed by atoms with E-state index in [0.717, 1.165) is 0 Å². The summed E-state index contributed by atoms with van der Waals surface area (Å²) in [4.78, 5) is 15.7. The van der Waals surface area contributed by atoms with Crippen LogP contribution in [0.4, 0.5) is 0 Å². The fourth-order valence-corrected chi connectivity index (χ4v) is 1.44. The topological polar surface area (TPSA) is 77.1 Å². The number of aromatic nitrogens is 3. The van der Waals surface area contributed by atoms with Crippen molar-refractivity contribution in [1.82, 2.24) is 15.2 Å². The Kier molecular flexibility index (Phi) is 3.57. The molecular weight excluding hydrogens is 234 g/mol. The van der Waals surface area contributed by atoms with E-state index in [4.69, 9.17) is 9.47 Å². The van der Waals surface area contributed by atoms with Gasteiger partial charge in [0.2, 0.25) is 5.88 Å². The van der Waals surface area contributed by atoms with Gasteiger partial charge in [0.15, 0.2) is 0 Å². The van der Waals surface area contributed by atoms with E-state index < -0.39 is 5.97 Å². The van der Waals surface area contributed by atoms with Crippen molar-refractivity contribution in [2.24, 2.45) is 0 Å². The molecule has 0 bridgehead atoms. The number of rotatable bonds is 4. The Morgan fingerprint density at radius 2 is 2.22 bits per heavy atom. The number of aromatic amines is 1. The number of carbonyl (C=O) groups excluding carboxylic acids is 1. The van der Waals surface area contributed by atoms with Crippen LogP contribution in [0.5, 0.6) is 5.88 Å². The lowest BCUT2D eigenvalue weighted by Gasteiger charge is -1.99. The first-order valence-corrected chi connectivity index (χ1v) is 5.48. The van der Waals surface area contributed by atoms with Gasteiger partial charge in [-0.25, -0.2) is 9.78 Å². The monoisotopic (exact) mass is 247 g/mol. The van der Waals surface area contributed by atoms with Crippen LogP contribution in [0.1, 0.15) is 17.4 Å². The number of hydrogen-bond donors (Lipinski definition) is 1. The predicted molar refractivity (Wildman–Crippen MR) is 64.3 cm³/mol. The van der Waals surface area contributed by atoms with Crippen molar-refractivity contribution in [3.05, 3.63) is 30.0 Å². The van der Waals surface area contributed by atoms with Gasteiger partial charge >= 0.3 is 5.97 Å². The molecule has 6 heteroatoms. The Morgan fingerprint density at radius 3 is 2.94 bits per heavy atom. The molecular formula is C12H13N3O3. The van der Waals surface area contributed by atoms with Crippen molar-refractivity contribution < 1.29 is 14.3 Å². The molecule has 2 rings (SSSR count). The number of ether oxygens (including phenoxy) is 2. The Hall–Kier alpha value is -2.37. The molecule has 94 valence electrons.